The van der Waals surface area contributed by atoms with Gasteiger partial charge in [0.2, 0.25) is 0 Å². The number of aromatic nitrogens is 1. The van der Waals surface area contributed by atoms with E-state index in [4.69, 9.17) is 28.3 Å². The minimum Gasteiger partial charge on any atom is -0.392 e. The molecule has 0 saturated carbocycles. The number of nitrogens with zero attached hydrogens (tertiary/aromatic N) is 1. The van der Waals surface area contributed by atoms with E-state index in [2.05, 4.69) is 5.32 Å². The zero-order valence-corrected chi connectivity index (χ0v) is 13.1. The molecule has 0 saturated heterocycles. The van der Waals surface area contributed by atoms with Crippen LogP contribution in [0.25, 0.3) is 0 Å². The van der Waals surface area contributed by atoms with Gasteiger partial charge in [-0.3, -0.25) is 4.79 Å². The van der Waals surface area contributed by atoms with E-state index in [0.29, 0.717) is 28.8 Å². The van der Waals surface area contributed by atoms with Gasteiger partial charge in [-0.1, -0.05) is 47.5 Å². The van der Waals surface area contributed by atoms with Gasteiger partial charge >= 0.3 is 0 Å². The van der Waals surface area contributed by atoms with E-state index in [1.165, 1.54) is 0 Å². The molecule has 1 heterocycles. The van der Waals surface area contributed by atoms with Gasteiger partial charge in [-0.2, -0.15) is 0 Å². The molecule has 4 nitrogen and oxygen atoms in total. The average Bonchev–Trinajstić information content (AvgIpc) is 2.75. The van der Waals surface area contributed by atoms with E-state index in [1.807, 2.05) is 24.3 Å². The molecule has 0 unspecified atom stereocenters. The predicted octanol–water partition coefficient (Wildman–Crippen LogP) is 2.80. The summed E-state index contributed by atoms with van der Waals surface area (Å²) in [7, 11) is 1.69. The Bertz CT molecular complexity index is 636. The lowest BCUT2D eigenvalue weighted by Gasteiger charge is -2.07. The van der Waals surface area contributed by atoms with Crippen LogP contribution in [0.1, 0.15) is 21.6 Å². The van der Waals surface area contributed by atoms with Crippen LogP contribution in [0, 0.1) is 0 Å². The topological polar surface area (TPSA) is 54.3 Å². The van der Waals surface area contributed by atoms with Crippen molar-refractivity contribution in [3.05, 3.63) is 57.3 Å². The summed E-state index contributed by atoms with van der Waals surface area (Å²) in [5, 5.41) is 12.5. The van der Waals surface area contributed by atoms with Crippen molar-refractivity contribution in [1.82, 2.24) is 9.88 Å². The summed E-state index contributed by atoms with van der Waals surface area (Å²) in [6, 6.07) is 9.17. The molecule has 0 spiro atoms. The Morgan fingerprint density at radius 3 is 2.38 bits per heavy atom. The lowest BCUT2D eigenvalue weighted by atomic mass is 10.1. The van der Waals surface area contributed by atoms with Crippen LogP contribution < -0.4 is 5.32 Å². The highest BCUT2D eigenvalue weighted by Gasteiger charge is 2.15. The van der Waals surface area contributed by atoms with Crippen LogP contribution in [0.4, 0.5) is 0 Å². The van der Waals surface area contributed by atoms with E-state index in [0.717, 1.165) is 11.1 Å². The molecular weight excluding hydrogens is 311 g/mol. The molecule has 0 atom stereocenters. The number of carbonyl (C=O) groups is 1. The Kier molecular flexibility index (Phi) is 5.28. The van der Waals surface area contributed by atoms with Crippen molar-refractivity contribution in [2.24, 2.45) is 7.05 Å². The van der Waals surface area contributed by atoms with E-state index in [-0.39, 0.29) is 12.5 Å². The molecule has 2 aromatic rings. The molecule has 2 rings (SSSR count). The normalized spacial score (nSPS) is 10.7. The van der Waals surface area contributed by atoms with Crippen LogP contribution >= 0.6 is 23.2 Å². The van der Waals surface area contributed by atoms with Gasteiger partial charge < -0.3 is 15.0 Å². The third kappa shape index (κ3) is 3.79. The highest BCUT2D eigenvalue weighted by molar-refractivity contribution is 6.41. The number of aliphatic hydroxyl groups excluding tert-OH is 1. The molecule has 0 fully saturated rings. The Morgan fingerprint density at radius 2 is 1.86 bits per heavy atom. The summed E-state index contributed by atoms with van der Waals surface area (Å²) in [4.78, 5) is 12.0. The Morgan fingerprint density at radius 1 is 1.24 bits per heavy atom. The lowest BCUT2D eigenvalue weighted by Crippen LogP contribution is -2.27. The zero-order valence-electron chi connectivity index (χ0n) is 11.6. The molecule has 1 aromatic carbocycles. The van der Waals surface area contributed by atoms with Crippen LogP contribution in [0.5, 0.6) is 0 Å². The third-order valence-electron chi connectivity index (χ3n) is 3.25. The smallest absolute Gasteiger partial charge is 0.268 e. The fourth-order valence-corrected chi connectivity index (χ4v) is 2.36. The van der Waals surface area contributed by atoms with Crippen LogP contribution in [-0.4, -0.2) is 22.1 Å². The maximum Gasteiger partial charge on any atom is 0.268 e. The number of hydrogen-bond acceptors (Lipinski definition) is 2. The second-order valence-electron chi connectivity index (χ2n) is 4.71. The molecule has 1 aromatic heterocycles. The number of amides is 1. The number of nitrogens with one attached hydrogen (secondary N) is 1. The molecule has 0 aliphatic carbocycles. The maximum atomic E-state index is 12.0. The molecule has 0 aliphatic heterocycles. The average molecular weight is 327 g/mol. The van der Waals surface area contributed by atoms with Gasteiger partial charge in [-0.05, 0) is 23.6 Å². The summed E-state index contributed by atoms with van der Waals surface area (Å²) >= 11 is 11.8. The predicted molar refractivity (Wildman–Crippen MR) is 83.8 cm³/mol. The van der Waals surface area contributed by atoms with Crippen LogP contribution in [0.15, 0.2) is 30.3 Å². The molecule has 6 heteroatoms. The van der Waals surface area contributed by atoms with Gasteiger partial charge in [0.1, 0.15) is 10.8 Å². The van der Waals surface area contributed by atoms with Gasteiger partial charge in [-0.15, -0.1) is 0 Å². The van der Waals surface area contributed by atoms with Gasteiger partial charge in [0, 0.05) is 13.6 Å². The number of hydrogen-bond donors (Lipinski definition) is 2. The first kappa shape index (κ1) is 15.9. The molecule has 21 heavy (non-hydrogen) atoms. The van der Waals surface area contributed by atoms with E-state index >= 15 is 0 Å². The first-order chi connectivity index (χ1) is 10.0. The molecule has 0 bridgehead atoms. The minimum absolute atomic E-state index is 0.0338. The number of halogens is 2. The van der Waals surface area contributed by atoms with Crippen molar-refractivity contribution >= 4 is 29.1 Å². The fraction of sp³-hybridized carbons (Fsp3) is 0.267. The monoisotopic (exact) mass is 326 g/mol. The second-order valence-corrected chi connectivity index (χ2v) is 5.47. The number of benzene rings is 1. The van der Waals surface area contributed by atoms with Crippen molar-refractivity contribution in [2.75, 3.05) is 6.54 Å². The standard InChI is InChI=1S/C15H16Cl2N2O2/c1-19-13(8-12(16)14(19)17)15(21)18-7-6-10-2-4-11(9-20)5-3-10/h2-5,8,20H,6-7,9H2,1H3,(H,18,21). The number of aliphatic hydroxyl groups is 1. The molecule has 2 N–H and O–H groups in total. The molecule has 112 valence electrons. The van der Waals surface area contributed by atoms with Gasteiger partial charge in [0.05, 0.1) is 11.6 Å². The summed E-state index contributed by atoms with van der Waals surface area (Å²) < 4.78 is 1.55. The maximum absolute atomic E-state index is 12.0. The van der Waals surface area contributed by atoms with Crippen LogP contribution in [-0.2, 0) is 20.1 Å². The summed E-state index contributed by atoms with van der Waals surface area (Å²) in [6.45, 7) is 0.545. The first-order valence-electron chi connectivity index (χ1n) is 6.50. The Balaban J connectivity index is 1.90. The Labute approximate surface area is 133 Å². The van der Waals surface area contributed by atoms with Gasteiger partial charge in [-0.25, -0.2) is 0 Å². The van der Waals surface area contributed by atoms with Crippen molar-refractivity contribution in [1.29, 1.82) is 0 Å². The summed E-state index contributed by atoms with van der Waals surface area (Å²) in [6.07, 6.45) is 0.712. The van der Waals surface area contributed by atoms with E-state index in [9.17, 15) is 4.79 Å². The molecular formula is C15H16Cl2N2O2. The van der Waals surface area contributed by atoms with E-state index in [1.54, 1.807) is 17.7 Å². The van der Waals surface area contributed by atoms with E-state index < -0.39 is 0 Å². The van der Waals surface area contributed by atoms with Crippen LogP contribution in [0.2, 0.25) is 10.2 Å². The highest BCUT2D eigenvalue weighted by Crippen LogP contribution is 2.24. The zero-order chi connectivity index (χ0) is 15.4. The number of rotatable bonds is 5. The second kappa shape index (κ2) is 6.98. The summed E-state index contributed by atoms with van der Waals surface area (Å²) in [5.41, 5.74) is 2.40. The lowest BCUT2D eigenvalue weighted by molar-refractivity contribution is 0.0946. The summed E-state index contributed by atoms with van der Waals surface area (Å²) in [5.74, 6) is -0.210. The van der Waals surface area contributed by atoms with Crippen molar-refractivity contribution in [2.45, 2.75) is 13.0 Å². The SMILES string of the molecule is Cn1c(C(=O)NCCc2ccc(CO)cc2)cc(Cl)c1Cl. The van der Waals surface area contributed by atoms with Crippen LogP contribution in [0.3, 0.4) is 0 Å². The molecule has 1 amide bonds. The number of carbonyl (C=O) groups excluding carboxylic acids is 1. The molecule has 0 radical (unpaired) electrons. The fourth-order valence-electron chi connectivity index (χ4n) is 1.98. The quantitative estimate of drug-likeness (QED) is 0.887. The highest BCUT2D eigenvalue weighted by atomic mass is 35.5. The Hall–Kier alpha value is -1.49. The van der Waals surface area contributed by atoms with Crippen molar-refractivity contribution < 1.29 is 9.90 Å². The molecule has 0 aliphatic rings. The third-order valence-corrected chi connectivity index (χ3v) is 4.10. The van der Waals surface area contributed by atoms with Gasteiger partial charge in [0.25, 0.3) is 5.91 Å². The van der Waals surface area contributed by atoms with Gasteiger partial charge in [0.15, 0.2) is 0 Å². The van der Waals surface area contributed by atoms with Crippen molar-refractivity contribution in [3.8, 4) is 0 Å². The van der Waals surface area contributed by atoms with Crippen molar-refractivity contribution in [3.63, 3.8) is 0 Å². The minimum atomic E-state index is -0.210. The largest absolute Gasteiger partial charge is 0.392 e. The first-order valence-corrected chi connectivity index (χ1v) is 7.26.